The van der Waals surface area contributed by atoms with Crippen LogP contribution in [0.4, 0.5) is 5.69 Å². The predicted molar refractivity (Wildman–Crippen MR) is 148 cm³/mol. The lowest BCUT2D eigenvalue weighted by molar-refractivity contribution is 0.102. The summed E-state index contributed by atoms with van der Waals surface area (Å²) in [6.45, 7) is 11.1. The lowest BCUT2D eigenvalue weighted by Crippen LogP contribution is -2.18. The molecule has 3 aromatic rings. The molecule has 0 bridgehead atoms. The number of amides is 1. The maximum absolute atomic E-state index is 13.0. The molecule has 9 heteroatoms. The Morgan fingerprint density at radius 1 is 1.05 bits per heavy atom. The number of carbonyl (C=O) groups excluding carboxylic acids is 1. The van der Waals surface area contributed by atoms with Gasteiger partial charge < -0.3 is 10.7 Å². The highest BCUT2D eigenvalue weighted by atomic mass is 16.1. The summed E-state index contributed by atoms with van der Waals surface area (Å²) in [7, 11) is 1.72. The number of hydrogen-bond donors (Lipinski definition) is 2. The average Bonchev–Trinajstić information content (AvgIpc) is 2.90. The molecule has 38 heavy (non-hydrogen) atoms. The molecule has 3 rings (SSSR count). The normalized spacial score (nSPS) is 11.2. The lowest BCUT2D eigenvalue weighted by atomic mass is 9.90. The van der Waals surface area contributed by atoms with Crippen molar-refractivity contribution in [2.75, 3.05) is 12.4 Å². The number of nitrogens with zero attached hydrogens (tertiary/aromatic N) is 6. The zero-order valence-corrected chi connectivity index (χ0v) is 22.6. The largest absolute Gasteiger partial charge is 0.321 e. The van der Waals surface area contributed by atoms with Crippen molar-refractivity contribution in [2.24, 2.45) is 5.10 Å². The van der Waals surface area contributed by atoms with E-state index in [0.717, 1.165) is 28.1 Å². The molecule has 0 unspecified atom stereocenters. The molecule has 0 aliphatic carbocycles. The van der Waals surface area contributed by atoms with E-state index < -0.39 is 5.41 Å². The topological polar surface area (TPSA) is 140 Å². The first-order valence-corrected chi connectivity index (χ1v) is 12.0. The van der Waals surface area contributed by atoms with Crippen LogP contribution in [0.1, 0.15) is 67.6 Å². The van der Waals surface area contributed by atoms with Gasteiger partial charge in [-0.15, -0.1) is 0 Å². The molecule has 192 valence electrons. The second-order valence-corrected chi connectivity index (χ2v) is 9.51. The van der Waals surface area contributed by atoms with Gasteiger partial charge in [0, 0.05) is 47.4 Å². The number of allylic oxidation sites excluding steroid dienone is 2. The van der Waals surface area contributed by atoms with Crippen LogP contribution in [0, 0.1) is 29.6 Å². The van der Waals surface area contributed by atoms with Gasteiger partial charge >= 0.3 is 0 Å². The molecule has 3 heterocycles. The van der Waals surface area contributed by atoms with Crippen LogP contribution in [0.25, 0.3) is 16.7 Å². The van der Waals surface area contributed by atoms with E-state index in [2.05, 4.69) is 42.9 Å². The van der Waals surface area contributed by atoms with E-state index in [9.17, 15) is 15.3 Å². The van der Waals surface area contributed by atoms with E-state index >= 15 is 0 Å². The average molecular weight is 507 g/mol. The summed E-state index contributed by atoms with van der Waals surface area (Å²) in [4.78, 5) is 26.3. The first kappa shape index (κ1) is 27.7. The van der Waals surface area contributed by atoms with Crippen molar-refractivity contribution < 1.29 is 4.79 Å². The SMILES string of the molecule is CN/N=C(/C)C(=C(C)C)c1ncc(-c2cc(NC(=O)c3ccnc(C(C)(C)C#N)c3)cnc2C)cc1C#N. The number of aromatic nitrogens is 3. The van der Waals surface area contributed by atoms with E-state index in [1.165, 1.54) is 6.20 Å². The summed E-state index contributed by atoms with van der Waals surface area (Å²) in [5.41, 5.74) is 8.96. The first-order valence-electron chi connectivity index (χ1n) is 12.0. The van der Waals surface area contributed by atoms with Gasteiger partial charge in [0.05, 0.1) is 46.0 Å². The molecule has 0 spiro atoms. The van der Waals surface area contributed by atoms with Gasteiger partial charge in [-0.3, -0.25) is 19.7 Å². The van der Waals surface area contributed by atoms with Crippen LogP contribution >= 0.6 is 0 Å². The standard InChI is InChI=1S/C29H30N8O/c1-17(2)26(19(4)37-32-7)27-21(13-30)10-22(14-35-27)24-12-23(15-34-18(24)3)36-28(38)20-8-9-33-25(11-20)29(5,6)16-31/h8-12,14-15,32H,1-7H3,(H,36,38)/b37-19-. The molecular formula is C29H30N8O. The minimum atomic E-state index is -0.824. The van der Waals surface area contributed by atoms with Gasteiger partial charge in [-0.2, -0.15) is 15.6 Å². The van der Waals surface area contributed by atoms with E-state index in [0.29, 0.717) is 33.8 Å². The fraction of sp³-hybridized carbons (Fsp3) is 0.276. The number of hydrazone groups is 1. The summed E-state index contributed by atoms with van der Waals surface area (Å²) in [5.74, 6) is -0.349. The Kier molecular flexibility index (Phi) is 8.34. The third kappa shape index (κ3) is 5.91. The molecule has 0 aromatic carbocycles. The molecule has 0 aliphatic rings. The van der Waals surface area contributed by atoms with Gasteiger partial charge in [0.15, 0.2) is 0 Å². The molecule has 9 nitrogen and oxygen atoms in total. The maximum Gasteiger partial charge on any atom is 0.255 e. The Balaban J connectivity index is 1.98. The third-order valence-electron chi connectivity index (χ3n) is 5.98. The number of nitriles is 2. The first-order chi connectivity index (χ1) is 18.0. The van der Waals surface area contributed by atoms with E-state index in [-0.39, 0.29) is 5.91 Å². The van der Waals surface area contributed by atoms with Crippen LogP contribution in [0.15, 0.2) is 53.5 Å². The minimum absolute atomic E-state index is 0.349. The number of anilines is 1. The van der Waals surface area contributed by atoms with Gasteiger partial charge in [0.1, 0.15) is 6.07 Å². The monoisotopic (exact) mass is 506 g/mol. The Morgan fingerprint density at radius 3 is 2.42 bits per heavy atom. The van der Waals surface area contributed by atoms with Crippen LogP contribution in [0.2, 0.25) is 0 Å². The van der Waals surface area contributed by atoms with Crippen LogP contribution < -0.4 is 10.7 Å². The van der Waals surface area contributed by atoms with Gasteiger partial charge in [-0.1, -0.05) is 5.57 Å². The number of nitrogens with one attached hydrogen (secondary N) is 2. The molecule has 2 N–H and O–H groups in total. The number of aryl methyl sites for hydroxylation is 1. The Morgan fingerprint density at radius 2 is 1.79 bits per heavy atom. The Labute approximate surface area is 223 Å². The summed E-state index contributed by atoms with van der Waals surface area (Å²) in [6, 6.07) is 11.2. The quantitative estimate of drug-likeness (QED) is 0.333. The highest BCUT2D eigenvalue weighted by molar-refractivity contribution is 6.23. The van der Waals surface area contributed by atoms with Crippen molar-refractivity contribution >= 4 is 22.9 Å². The predicted octanol–water partition coefficient (Wildman–Crippen LogP) is 5.16. The third-order valence-corrected chi connectivity index (χ3v) is 5.98. The van der Waals surface area contributed by atoms with Crippen LogP contribution in [-0.2, 0) is 5.41 Å². The Bertz CT molecular complexity index is 1530. The molecule has 0 fully saturated rings. The Hall–Kier alpha value is -4.89. The molecule has 0 atom stereocenters. The number of hydrogen-bond acceptors (Lipinski definition) is 8. The molecule has 0 saturated carbocycles. The highest BCUT2D eigenvalue weighted by Crippen LogP contribution is 2.29. The fourth-order valence-corrected chi connectivity index (χ4v) is 3.96. The summed E-state index contributed by atoms with van der Waals surface area (Å²) in [6.07, 6.45) is 4.78. The number of carbonyl (C=O) groups is 1. The van der Waals surface area contributed by atoms with Crippen LogP contribution in [0.3, 0.4) is 0 Å². The van der Waals surface area contributed by atoms with Crippen molar-refractivity contribution in [3.8, 4) is 23.3 Å². The van der Waals surface area contributed by atoms with Crippen LogP contribution in [0.5, 0.6) is 0 Å². The van der Waals surface area contributed by atoms with Crippen molar-refractivity contribution in [2.45, 2.75) is 47.0 Å². The van der Waals surface area contributed by atoms with E-state index in [1.54, 1.807) is 57.6 Å². The van der Waals surface area contributed by atoms with Crippen LogP contribution in [-0.4, -0.2) is 33.6 Å². The number of rotatable bonds is 7. The fourth-order valence-electron chi connectivity index (χ4n) is 3.96. The molecule has 3 aromatic heterocycles. The van der Waals surface area contributed by atoms with Gasteiger partial charge in [0.25, 0.3) is 5.91 Å². The number of pyridine rings is 3. The van der Waals surface area contributed by atoms with Crippen molar-refractivity contribution in [1.82, 2.24) is 20.4 Å². The second-order valence-electron chi connectivity index (χ2n) is 9.51. The lowest BCUT2D eigenvalue weighted by Gasteiger charge is -2.15. The van der Waals surface area contributed by atoms with Crippen molar-refractivity contribution in [3.63, 3.8) is 0 Å². The van der Waals surface area contributed by atoms with Crippen molar-refractivity contribution in [1.29, 1.82) is 10.5 Å². The molecular weight excluding hydrogens is 476 g/mol. The zero-order chi connectivity index (χ0) is 28.0. The molecule has 0 saturated heterocycles. The van der Waals surface area contributed by atoms with E-state index in [4.69, 9.17) is 0 Å². The van der Waals surface area contributed by atoms with Crippen molar-refractivity contribution in [3.05, 3.63) is 76.6 Å². The minimum Gasteiger partial charge on any atom is -0.321 e. The molecule has 1 amide bonds. The smallest absolute Gasteiger partial charge is 0.255 e. The maximum atomic E-state index is 13.0. The summed E-state index contributed by atoms with van der Waals surface area (Å²) < 4.78 is 0. The zero-order valence-electron chi connectivity index (χ0n) is 22.6. The van der Waals surface area contributed by atoms with Gasteiger partial charge in [-0.05, 0) is 65.8 Å². The van der Waals surface area contributed by atoms with Gasteiger partial charge in [0.2, 0.25) is 0 Å². The molecule has 0 radical (unpaired) electrons. The highest BCUT2D eigenvalue weighted by Gasteiger charge is 2.23. The van der Waals surface area contributed by atoms with Gasteiger partial charge in [-0.25, -0.2) is 0 Å². The van der Waals surface area contributed by atoms with E-state index in [1.807, 2.05) is 27.7 Å². The summed E-state index contributed by atoms with van der Waals surface area (Å²) in [5, 5.41) is 26.5. The summed E-state index contributed by atoms with van der Waals surface area (Å²) >= 11 is 0. The second kappa shape index (κ2) is 11.4. The molecule has 0 aliphatic heterocycles.